The minimum Gasteiger partial charge on any atom is -0.494 e. The van der Waals surface area contributed by atoms with Gasteiger partial charge in [0.25, 0.3) is 0 Å². The van der Waals surface area contributed by atoms with Crippen LogP contribution in [0.5, 0.6) is 5.75 Å². The summed E-state index contributed by atoms with van der Waals surface area (Å²) in [5.41, 5.74) is 15.7. The second-order valence-corrected chi connectivity index (χ2v) is 5.51. The number of aromatic nitrogens is 2. The fraction of sp³-hybridized carbons (Fsp3) is 0.353. The second kappa shape index (κ2) is 6.13. The van der Waals surface area contributed by atoms with E-state index in [-0.39, 0.29) is 17.3 Å². The van der Waals surface area contributed by atoms with E-state index in [1.807, 2.05) is 19.1 Å². The smallest absolute Gasteiger partial charge is 0.222 e. The number of anilines is 2. The van der Waals surface area contributed by atoms with E-state index in [0.717, 1.165) is 37.0 Å². The van der Waals surface area contributed by atoms with Crippen LogP contribution >= 0.6 is 0 Å². The molecule has 4 N–H and O–H groups in total. The number of hydrogen-bond acceptors (Lipinski definition) is 6. The van der Waals surface area contributed by atoms with E-state index in [9.17, 15) is 5.26 Å². The highest BCUT2D eigenvalue weighted by atomic mass is 16.5. The molecule has 1 aromatic carbocycles. The number of ether oxygens (including phenoxy) is 1. The van der Waals surface area contributed by atoms with E-state index in [4.69, 9.17) is 16.2 Å². The Morgan fingerprint density at radius 2 is 1.91 bits per heavy atom. The fourth-order valence-corrected chi connectivity index (χ4v) is 3.15. The molecule has 23 heavy (non-hydrogen) atoms. The van der Waals surface area contributed by atoms with Gasteiger partial charge in [0.2, 0.25) is 5.95 Å². The summed E-state index contributed by atoms with van der Waals surface area (Å²) in [7, 11) is 0. The topological polar surface area (TPSA) is 111 Å². The molecule has 1 aliphatic rings. The molecule has 6 nitrogen and oxygen atoms in total. The zero-order valence-corrected chi connectivity index (χ0v) is 13.1. The molecule has 0 atom stereocenters. The zero-order valence-electron chi connectivity index (χ0n) is 13.1. The van der Waals surface area contributed by atoms with Gasteiger partial charge in [-0.05, 0) is 55.9 Å². The lowest BCUT2D eigenvalue weighted by Gasteiger charge is -2.22. The molecule has 1 aliphatic carbocycles. The molecule has 118 valence electrons. The molecule has 0 saturated carbocycles. The maximum absolute atomic E-state index is 9.42. The van der Waals surface area contributed by atoms with Crippen molar-refractivity contribution in [2.24, 2.45) is 0 Å². The molecule has 0 aliphatic heterocycles. The van der Waals surface area contributed by atoms with E-state index in [0.29, 0.717) is 12.3 Å². The van der Waals surface area contributed by atoms with Gasteiger partial charge in [0.15, 0.2) is 0 Å². The maximum Gasteiger partial charge on any atom is 0.222 e. The van der Waals surface area contributed by atoms with E-state index in [1.54, 1.807) is 0 Å². The highest BCUT2D eigenvalue weighted by Gasteiger charge is 2.22. The molecule has 1 heterocycles. The molecule has 0 saturated heterocycles. The number of nitrogens with zero attached hydrogens (tertiary/aromatic N) is 3. The molecule has 6 heteroatoms. The predicted molar refractivity (Wildman–Crippen MR) is 88.8 cm³/mol. The van der Waals surface area contributed by atoms with Crippen LogP contribution in [0.2, 0.25) is 0 Å². The standard InChI is InChI=1S/C17H19N5O/c1-2-23-14-8-7-12(10-5-3-4-6-11(10)14)15-13(9-18)16(19)22-17(20)21-15/h7-8H,2-6H2,1H3,(H4,19,20,21,22). The quantitative estimate of drug-likeness (QED) is 0.901. The van der Waals surface area contributed by atoms with Crippen LogP contribution in [0.1, 0.15) is 36.5 Å². The molecule has 0 fully saturated rings. The molecule has 0 amide bonds. The maximum atomic E-state index is 9.42. The van der Waals surface area contributed by atoms with Crippen LogP contribution in [0.4, 0.5) is 11.8 Å². The monoisotopic (exact) mass is 309 g/mol. The molecular weight excluding hydrogens is 290 g/mol. The van der Waals surface area contributed by atoms with Gasteiger partial charge in [0.05, 0.1) is 12.3 Å². The molecule has 0 bridgehead atoms. The van der Waals surface area contributed by atoms with Crippen LogP contribution < -0.4 is 16.2 Å². The third kappa shape index (κ3) is 2.66. The number of nitrogens with two attached hydrogens (primary N) is 2. The van der Waals surface area contributed by atoms with Crippen molar-refractivity contribution in [3.05, 3.63) is 28.8 Å². The van der Waals surface area contributed by atoms with Crippen LogP contribution in [0.3, 0.4) is 0 Å². The molecule has 0 radical (unpaired) electrons. The third-order valence-corrected chi connectivity index (χ3v) is 4.11. The van der Waals surface area contributed by atoms with Gasteiger partial charge in [-0.15, -0.1) is 0 Å². The summed E-state index contributed by atoms with van der Waals surface area (Å²) < 4.78 is 5.75. The fourth-order valence-electron chi connectivity index (χ4n) is 3.15. The summed E-state index contributed by atoms with van der Waals surface area (Å²) in [6.45, 7) is 2.60. The first-order chi connectivity index (χ1) is 11.2. The Labute approximate surface area is 135 Å². The number of hydrogen-bond donors (Lipinski definition) is 2. The van der Waals surface area contributed by atoms with Crippen LogP contribution in [0, 0.1) is 11.3 Å². The first-order valence-electron chi connectivity index (χ1n) is 7.76. The van der Waals surface area contributed by atoms with Gasteiger partial charge in [0.1, 0.15) is 23.2 Å². The Balaban J connectivity index is 2.24. The summed E-state index contributed by atoms with van der Waals surface area (Å²) in [6, 6.07) is 5.98. The van der Waals surface area contributed by atoms with Crippen molar-refractivity contribution >= 4 is 11.8 Å². The van der Waals surface area contributed by atoms with Gasteiger partial charge in [-0.1, -0.05) is 0 Å². The lowest BCUT2D eigenvalue weighted by molar-refractivity contribution is 0.334. The van der Waals surface area contributed by atoms with Crippen LogP contribution in [-0.2, 0) is 12.8 Å². The zero-order chi connectivity index (χ0) is 16.4. The summed E-state index contributed by atoms with van der Waals surface area (Å²) in [4.78, 5) is 8.17. The minimum absolute atomic E-state index is 0.0787. The van der Waals surface area contributed by atoms with Crippen LogP contribution in [0.15, 0.2) is 12.1 Å². The Hall–Kier alpha value is -2.81. The normalized spacial score (nSPS) is 13.2. The SMILES string of the molecule is CCOc1ccc(-c2nc(N)nc(N)c2C#N)c2c1CCCC2. The van der Waals surface area contributed by atoms with Crippen molar-refractivity contribution in [3.63, 3.8) is 0 Å². The van der Waals surface area contributed by atoms with Crippen molar-refractivity contribution in [1.29, 1.82) is 5.26 Å². The van der Waals surface area contributed by atoms with Gasteiger partial charge in [-0.2, -0.15) is 10.2 Å². The molecule has 0 unspecified atom stereocenters. The van der Waals surface area contributed by atoms with Crippen molar-refractivity contribution in [1.82, 2.24) is 9.97 Å². The molecule has 1 aromatic heterocycles. The molecule has 2 aromatic rings. The van der Waals surface area contributed by atoms with Crippen molar-refractivity contribution in [2.75, 3.05) is 18.1 Å². The lowest BCUT2D eigenvalue weighted by atomic mass is 9.85. The Kier molecular flexibility index (Phi) is 4.02. The van der Waals surface area contributed by atoms with Crippen molar-refractivity contribution in [3.8, 4) is 23.1 Å². The van der Waals surface area contributed by atoms with Gasteiger partial charge in [-0.3, -0.25) is 0 Å². The lowest BCUT2D eigenvalue weighted by Crippen LogP contribution is -2.10. The number of rotatable bonds is 3. The summed E-state index contributed by atoms with van der Waals surface area (Å²) in [6.07, 6.45) is 4.14. The molecular formula is C17H19N5O. The van der Waals surface area contributed by atoms with E-state index >= 15 is 0 Å². The van der Waals surface area contributed by atoms with Gasteiger partial charge < -0.3 is 16.2 Å². The van der Waals surface area contributed by atoms with Gasteiger partial charge in [-0.25, -0.2) is 4.98 Å². The highest BCUT2D eigenvalue weighted by Crippen LogP contribution is 2.38. The second-order valence-electron chi connectivity index (χ2n) is 5.51. The Morgan fingerprint density at radius 3 is 2.61 bits per heavy atom. The number of benzene rings is 1. The van der Waals surface area contributed by atoms with Gasteiger partial charge in [0, 0.05) is 5.56 Å². The summed E-state index contributed by atoms with van der Waals surface area (Å²) in [5.74, 6) is 1.11. The number of nitrogen functional groups attached to an aromatic ring is 2. The average Bonchev–Trinajstić information content (AvgIpc) is 2.55. The van der Waals surface area contributed by atoms with Crippen molar-refractivity contribution in [2.45, 2.75) is 32.6 Å². The van der Waals surface area contributed by atoms with Crippen molar-refractivity contribution < 1.29 is 4.74 Å². The van der Waals surface area contributed by atoms with Crippen LogP contribution in [-0.4, -0.2) is 16.6 Å². The highest BCUT2D eigenvalue weighted by molar-refractivity contribution is 5.77. The van der Waals surface area contributed by atoms with Crippen LogP contribution in [0.25, 0.3) is 11.3 Å². The Morgan fingerprint density at radius 1 is 1.17 bits per heavy atom. The third-order valence-electron chi connectivity index (χ3n) is 4.11. The first-order valence-corrected chi connectivity index (χ1v) is 7.76. The van der Waals surface area contributed by atoms with E-state index in [1.165, 1.54) is 11.1 Å². The number of nitriles is 1. The first kappa shape index (κ1) is 15.1. The summed E-state index contributed by atoms with van der Waals surface area (Å²) in [5, 5.41) is 9.42. The Bertz CT molecular complexity index is 795. The van der Waals surface area contributed by atoms with E-state index in [2.05, 4.69) is 16.0 Å². The predicted octanol–water partition coefficient (Wildman–Crippen LogP) is 2.46. The largest absolute Gasteiger partial charge is 0.494 e. The van der Waals surface area contributed by atoms with Gasteiger partial charge >= 0.3 is 0 Å². The number of fused-ring (bicyclic) bond motifs is 1. The summed E-state index contributed by atoms with van der Waals surface area (Å²) >= 11 is 0. The average molecular weight is 309 g/mol. The van der Waals surface area contributed by atoms with E-state index < -0.39 is 0 Å². The molecule has 0 spiro atoms. The molecule has 3 rings (SSSR count). The minimum atomic E-state index is 0.0787.